The maximum Gasteiger partial charge on any atom is 0.0345 e. The van der Waals surface area contributed by atoms with Gasteiger partial charge in [-0.25, -0.2) is 0 Å². The van der Waals surface area contributed by atoms with E-state index >= 15 is 0 Å². The van der Waals surface area contributed by atoms with Crippen LogP contribution in [-0.2, 0) is 6.42 Å². The maximum atomic E-state index is 2.51. The quantitative estimate of drug-likeness (QED) is 0.728. The molecule has 0 N–H and O–H groups in total. The third-order valence-corrected chi connectivity index (χ3v) is 5.53. The van der Waals surface area contributed by atoms with Gasteiger partial charge in [-0.15, -0.1) is 11.3 Å². The predicted molar refractivity (Wildman–Crippen MR) is 84.9 cm³/mol. The first-order valence-electron chi connectivity index (χ1n) is 6.98. The van der Waals surface area contributed by atoms with Crippen molar-refractivity contribution < 1.29 is 0 Å². The molecule has 1 aliphatic rings. The van der Waals surface area contributed by atoms with Gasteiger partial charge < -0.3 is 0 Å². The van der Waals surface area contributed by atoms with Crippen molar-refractivity contribution in [2.45, 2.75) is 32.7 Å². The molecule has 100 valence electrons. The highest BCUT2D eigenvalue weighted by molar-refractivity contribution is 7.17. The van der Waals surface area contributed by atoms with E-state index in [1.54, 1.807) is 11.1 Å². The lowest BCUT2D eigenvalue weighted by atomic mass is 9.91. The fourth-order valence-corrected chi connectivity index (χ4v) is 4.00. The molecule has 1 aromatic heterocycles. The molecule has 1 atom stereocenters. The molecule has 0 saturated heterocycles. The van der Waals surface area contributed by atoms with Gasteiger partial charge in [-0.1, -0.05) is 29.3 Å². The normalized spacial score (nSPS) is 21.3. The molecule has 19 heavy (non-hydrogen) atoms. The molecule has 1 aliphatic heterocycles. The van der Waals surface area contributed by atoms with E-state index in [-0.39, 0.29) is 0 Å². The van der Waals surface area contributed by atoms with Crippen LogP contribution in [0.2, 0.25) is 0 Å². The summed E-state index contributed by atoms with van der Waals surface area (Å²) in [5.74, 6) is 0. The molecule has 0 spiro atoms. The highest BCUT2D eigenvalue weighted by Crippen LogP contribution is 2.30. The molecule has 2 heteroatoms. The van der Waals surface area contributed by atoms with Crippen molar-refractivity contribution in [3.05, 3.63) is 46.4 Å². The zero-order chi connectivity index (χ0) is 13.4. The Morgan fingerprint density at radius 2 is 2.05 bits per heavy atom. The minimum absolute atomic E-state index is 0.576. The van der Waals surface area contributed by atoms with Crippen LogP contribution in [0.4, 0.5) is 0 Å². The lowest BCUT2D eigenvalue weighted by molar-refractivity contribution is 0.256. The van der Waals surface area contributed by atoms with Crippen molar-refractivity contribution in [2.75, 3.05) is 13.6 Å². The van der Waals surface area contributed by atoms with E-state index in [1.807, 2.05) is 11.3 Å². The number of nitrogens with zero attached hydrogens (tertiary/aromatic N) is 1. The first kappa shape index (κ1) is 12.9. The van der Waals surface area contributed by atoms with Gasteiger partial charge in [0.25, 0.3) is 0 Å². The molecule has 2 aromatic rings. The predicted octanol–water partition coefficient (Wildman–Crippen LogP) is 4.48. The molecule has 0 saturated carbocycles. The fourth-order valence-electron chi connectivity index (χ4n) is 3.02. The van der Waals surface area contributed by atoms with E-state index in [0.717, 1.165) is 6.42 Å². The van der Waals surface area contributed by atoms with E-state index in [9.17, 15) is 0 Å². The van der Waals surface area contributed by atoms with Gasteiger partial charge in [0.05, 0.1) is 0 Å². The zero-order valence-electron chi connectivity index (χ0n) is 11.9. The molecule has 0 radical (unpaired) electrons. The SMILES string of the molecule is CC1=C(C)C(Cc2csc3ccccc23)N(C)CC1. The van der Waals surface area contributed by atoms with Crippen LogP contribution in [0.25, 0.3) is 10.1 Å². The van der Waals surface area contributed by atoms with Crippen molar-refractivity contribution in [1.82, 2.24) is 4.90 Å². The summed E-state index contributed by atoms with van der Waals surface area (Å²) in [6.07, 6.45) is 2.37. The topological polar surface area (TPSA) is 3.24 Å². The Morgan fingerprint density at radius 1 is 1.26 bits per heavy atom. The van der Waals surface area contributed by atoms with Crippen molar-refractivity contribution in [3.63, 3.8) is 0 Å². The van der Waals surface area contributed by atoms with Gasteiger partial charge >= 0.3 is 0 Å². The summed E-state index contributed by atoms with van der Waals surface area (Å²) in [4.78, 5) is 2.51. The van der Waals surface area contributed by atoms with Gasteiger partial charge in [-0.05, 0) is 56.1 Å². The molecule has 0 bridgehead atoms. The second-order valence-electron chi connectivity index (χ2n) is 5.67. The molecule has 3 rings (SSSR count). The van der Waals surface area contributed by atoms with Crippen LogP contribution in [0.1, 0.15) is 25.8 Å². The van der Waals surface area contributed by atoms with Crippen molar-refractivity contribution in [3.8, 4) is 0 Å². The molecule has 1 aromatic carbocycles. The number of fused-ring (bicyclic) bond motifs is 1. The standard InChI is InChI=1S/C17H21NS/c1-12-8-9-18(3)16(13(12)2)10-14-11-19-17-7-5-4-6-15(14)17/h4-7,11,16H,8-10H2,1-3H3. The van der Waals surface area contributed by atoms with Gasteiger partial charge in [0.1, 0.15) is 0 Å². The Labute approximate surface area is 119 Å². The average Bonchev–Trinajstić information content (AvgIpc) is 2.83. The lowest BCUT2D eigenvalue weighted by Crippen LogP contribution is -2.38. The third-order valence-electron chi connectivity index (χ3n) is 4.52. The smallest absolute Gasteiger partial charge is 0.0345 e. The molecule has 2 heterocycles. The molecule has 1 unspecified atom stereocenters. The summed E-state index contributed by atoms with van der Waals surface area (Å²) >= 11 is 1.87. The highest BCUT2D eigenvalue weighted by atomic mass is 32.1. The number of likely N-dealkylation sites (N-methyl/N-ethyl adjacent to an activating group) is 1. The molecule has 0 amide bonds. The fraction of sp³-hybridized carbons (Fsp3) is 0.412. The number of rotatable bonds is 2. The Kier molecular flexibility index (Phi) is 3.46. The van der Waals surface area contributed by atoms with Crippen LogP contribution in [0.15, 0.2) is 40.8 Å². The van der Waals surface area contributed by atoms with Crippen molar-refractivity contribution in [1.29, 1.82) is 0 Å². The molecular weight excluding hydrogens is 250 g/mol. The molecule has 1 nitrogen and oxygen atoms in total. The van der Waals surface area contributed by atoms with Crippen LogP contribution in [0, 0.1) is 0 Å². The summed E-state index contributed by atoms with van der Waals surface area (Å²) in [5.41, 5.74) is 4.66. The molecule has 0 aliphatic carbocycles. The first-order valence-corrected chi connectivity index (χ1v) is 7.86. The van der Waals surface area contributed by atoms with E-state index in [1.165, 1.54) is 28.6 Å². The average molecular weight is 271 g/mol. The van der Waals surface area contributed by atoms with Crippen LogP contribution < -0.4 is 0 Å². The van der Waals surface area contributed by atoms with E-state index in [2.05, 4.69) is 55.4 Å². The summed E-state index contributed by atoms with van der Waals surface area (Å²) in [7, 11) is 2.26. The second-order valence-corrected chi connectivity index (χ2v) is 6.58. The Balaban J connectivity index is 1.94. The van der Waals surface area contributed by atoms with Crippen LogP contribution in [0.5, 0.6) is 0 Å². The van der Waals surface area contributed by atoms with Crippen molar-refractivity contribution in [2.24, 2.45) is 0 Å². The Morgan fingerprint density at radius 3 is 2.89 bits per heavy atom. The summed E-state index contributed by atoms with van der Waals surface area (Å²) in [5, 5.41) is 3.78. The maximum absolute atomic E-state index is 2.51. The van der Waals surface area contributed by atoms with Crippen molar-refractivity contribution >= 4 is 21.4 Å². The van der Waals surface area contributed by atoms with E-state index < -0.39 is 0 Å². The summed E-state index contributed by atoms with van der Waals surface area (Å²) in [6.45, 7) is 5.79. The summed E-state index contributed by atoms with van der Waals surface area (Å²) < 4.78 is 1.41. The number of benzene rings is 1. The van der Waals surface area contributed by atoms with Crippen LogP contribution in [0.3, 0.4) is 0 Å². The lowest BCUT2D eigenvalue weighted by Gasteiger charge is -2.34. The van der Waals surface area contributed by atoms with Gasteiger partial charge in [0.15, 0.2) is 0 Å². The van der Waals surface area contributed by atoms with Crippen LogP contribution in [-0.4, -0.2) is 24.5 Å². The Hall–Kier alpha value is -1.12. The first-order chi connectivity index (χ1) is 9.16. The molecular formula is C17H21NS. The monoisotopic (exact) mass is 271 g/mol. The largest absolute Gasteiger partial charge is 0.299 e. The molecule has 0 fully saturated rings. The number of hydrogen-bond acceptors (Lipinski definition) is 2. The third kappa shape index (κ3) is 2.35. The minimum atomic E-state index is 0.576. The number of hydrogen-bond donors (Lipinski definition) is 0. The Bertz CT molecular complexity index is 623. The minimum Gasteiger partial charge on any atom is -0.299 e. The van der Waals surface area contributed by atoms with Gasteiger partial charge in [-0.2, -0.15) is 0 Å². The van der Waals surface area contributed by atoms with Crippen LogP contribution >= 0.6 is 11.3 Å². The highest BCUT2D eigenvalue weighted by Gasteiger charge is 2.23. The van der Waals surface area contributed by atoms with Gasteiger partial charge in [0, 0.05) is 17.3 Å². The summed E-state index contributed by atoms with van der Waals surface area (Å²) in [6, 6.07) is 9.34. The van der Waals surface area contributed by atoms with E-state index in [0.29, 0.717) is 6.04 Å². The van der Waals surface area contributed by atoms with Gasteiger partial charge in [-0.3, -0.25) is 4.90 Å². The second kappa shape index (κ2) is 5.10. The number of thiophene rings is 1. The van der Waals surface area contributed by atoms with Gasteiger partial charge in [0.2, 0.25) is 0 Å². The zero-order valence-corrected chi connectivity index (χ0v) is 12.8. The van der Waals surface area contributed by atoms with E-state index in [4.69, 9.17) is 0 Å².